The van der Waals surface area contributed by atoms with Crippen LogP contribution < -0.4 is 10.2 Å². The van der Waals surface area contributed by atoms with Crippen LogP contribution in [0.2, 0.25) is 0 Å². The second-order valence-electron chi connectivity index (χ2n) is 6.35. The van der Waals surface area contributed by atoms with Crippen molar-refractivity contribution >= 4 is 11.9 Å². The topological polar surface area (TPSA) is 58.1 Å². The zero-order valence-electron chi connectivity index (χ0n) is 15.3. The maximum absolute atomic E-state index is 13.0. The van der Waals surface area contributed by atoms with Crippen LogP contribution in [0.1, 0.15) is 27.3 Å². The monoisotopic (exact) mass is 364 g/mol. The van der Waals surface area contributed by atoms with Gasteiger partial charge in [0.15, 0.2) is 0 Å². The van der Waals surface area contributed by atoms with Gasteiger partial charge in [0.25, 0.3) is 5.91 Å². The summed E-state index contributed by atoms with van der Waals surface area (Å²) >= 11 is 0. The molecule has 0 radical (unpaired) electrons. The van der Waals surface area contributed by atoms with E-state index >= 15 is 0 Å². The highest BCUT2D eigenvalue weighted by Crippen LogP contribution is 2.13. The fourth-order valence-electron chi connectivity index (χ4n) is 2.64. The van der Waals surface area contributed by atoms with Gasteiger partial charge in [0.1, 0.15) is 11.5 Å². The molecule has 1 aromatic heterocycles. The third-order valence-electron chi connectivity index (χ3n) is 4.05. The molecule has 138 valence electrons. The summed E-state index contributed by atoms with van der Waals surface area (Å²) in [5.41, 5.74) is 2.97. The smallest absolute Gasteiger partial charge is 0.270 e. The highest BCUT2D eigenvalue weighted by atomic mass is 19.1. The maximum Gasteiger partial charge on any atom is 0.270 e. The predicted molar refractivity (Wildman–Crippen MR) is 103 cm³/mol. The summed E-state index contributed by atoms with van der Waals surface area (Å²) in [7, 11) is 1.89. The fourth-order valence-corrected chi connectivity index (χ4v) is 2.64. The highest BCUT2D eigenvalue weighted by Gasteiger charge is 2.13. The molecule has 5 nitrogen and oxygen atoms in total. The average Bonchev–Trinajstić information content (AvgIpc) is 2.67. The lowest BCUT2D eigenvalue weighted by atomic mass is 10.2. The summed E-state index contributed by atoms with van der Waals surface area (Å²) in [4.78, 5) is 23.2. The summed E-state index contributed by atoms with van der Waals surface area (Å²) in [6, 6.07) is 17.7. The van der Waals surface area contributed by atoms with E-state index in [0.29, 0.717) is 30.4 Å². The van der Waals surface area contributed by atoms with Crippen LogP contribution in [-0.4, -0.2) is 22.9 Å². The molecule has 3 rings (SSSR count). The molecule has 0 saturated carbocycles. The number of amides is 1. The first-order chi connectivity index (χ1) is 13.0. The fraction of sp³-hybridized carbons (Fsp3) is 0.190. The molecule has 1 amide bonds. The number of carbonyl (C=O) groups is 1. The van der Waals surface area contributed by atoms with Crippen molar-refractivity contribution in [3.63, 3.8) is 0 Å². The zero-order chi connectivity index (χ0) is 19.2. The lowest BCUT2D eigenvalue weighted by Gasteiger charge is -2.18. The molecule has 0 aliphatic rings. The Balaban J connectivity index is 1.70. The molecule has 1 N–H and O–H groups in total. The molecule has 0 aliphatic carbocycles. The average molecular weight is 364 g/mol. The van der Waals surface area contributed by atoms with Gasteiger partial charge < -0.3 is 10.2 Å². The minimum atomic E-state index is -0.303. The van der Waals surface area contributed by atoms with Crippen LogP contribution >= 0.6 is 0 Å². The van der Waals surface area contributed by atoms with Gasteiger partial charge in [-0.25, -0.2) is 14.4 Å². The largest absolute Gasteiger partial charge is 0.347 e. The number of benzene rings is 2. The molecule has 0 aliphatic heterocycles. The van der Waals surface area contributed by atoms with Gasteiger partial charge in [-0.3, -0.25) is 4.79 Å². The molecule has 27 heavy (non-hydrogen) atoms. The Morgan fingerprint density at radius 2 is 1.74 bits per heavy atom. The SMILES string of the molecule is Cc1cc(C(=O)NCc2ccc(F)cc2)nc(N(C)Cc2ccccc2)n1. The molecule has 0 fully saturated rings. The van der Waals surface area contributed by atoms with Gasteiger partial charge in [0, 0.05) is 25.8 Å². The number of rotatable bonds is 6. The number of hydrogen-bond acceptors (Lipinski definition) is 4. The van der Waals surface area contributed by atoms with Gasteiger partial charge in [0.05, 0.1) is 0 Å². The summed E-state index contributed by atoms with van der Waals surface area (Å²) in [5.74, 6) is -0.104. The molecule has 6 heteroatoms. The number of hydrogen-bond donors (Lipinski definition) is 1. The Labute approximate surface area is 157 Å². The Kier molecular flexibility index (Phi) is 5.76. The van der Waals surface area contributed by atoms with E-state index in [-0.39, 0.29) is 11.7 Å². The van der Waals surface area contributed by atoms with Crippen molar-refractivity contribution in [2.75, 3.05) is 11.9 Å². The van der Waals surface area contributed by atoms with E-state index in [1.54, 1.807) is 18.2 Å². The van der Waals surface area contributed by atoms with E-state index in [0.717, 1.165) is 11.1 Å². The molecule has 2 aromatic carbocycles. The van der Waals surface area contributed by atoms with Crippen LogP contribution in [0.3, 0.4) is 0 Å². The van der Waals surface area contributed by atoms with E-state index in [1.807, 2.05) is 49.2 Å². The van der Waals surface area contributed by atoms with Crippen molar-refractivity contribution in [3.8, 4) is 0 Å². The van der Waals surface area contributed by atoms with Gasteiger partial charge in [-0.1, -0.05) is 42.5 Å². The normalized spacial score (nSPS) is 10.5. The summed E-state index contributed by atoms with van der Waals surface area (Å²) in [6.45, 7) is 2.77. The van der Waals surface area contributed by atoms with E-state index in [4.69, 9.17) is 0 Å². The minimum absolute atomic E-state index is 0.292. The quantitative estimate of drug-likeness (QED) is 0.727. The third kappa shape index (κ3) is 5.10. The molecule has 0 saturated heterocycles. The number of aryl methyl sites for hydroxylation is 1. The Bertz CT molecular complexity index is 913. The maximum atomic E-state index is 13.0. The van der Waals surface area contributed by atoms with Crippen LogP contribution in [0.5, 0.6) is 0 Å². The number of nitrogens with one attached hydrogen (secondary N) is 1. The lowest BCUT2D eigenvalue weighted by molar-refractivity contribution is 0.0945. The van der Waals surface area contributed by atoms with Crippen LogP contribution in [0.25, 0.3) is 0 Å². The number of halogens is 1. The van der Waals surface area contributed by atoms with Gasteiger partial charge in [-0.2, -0.15) is 0 Å². The third-order valence-corrected chi connectivity index (χ3v) is 4.05. The zero-order valence-corrected chi connectivity index (χ0v) is 15.3. The van der Waals surface area contributed by atoms with E-state index < -0.39 is 0 Å². The van der Waals surface area contributed by atoms with E-state index in [1.165, 1.54) is 12.1 Å². The van der Waals surface area contributed by atoms with Crippen molar-refractivity contribution in [1.82, 2.24) is 15.3 Å². The molecular formula is C21H21FN4O. The Morgan fingerprint density at radius 3 is 2.44 bits per heavy atom. The van der Waals surface area contributed by atoms with Crippen molar-refractivity contribution in [3.05, 3.63) is 89.0 Å². The summed E-state index contributed by atoms with van der Waals surface area (Å²) in [5, 5.41) is 2.81. The molecule has 0 bridgehead atoms. The van der Waals surface area contributed by atoms with E-state index in [9.17, 15) is 9.18 Å². The molecule has 0 atom stereocenters. The first-order valence-electron chi connectivity index (χ1n) is 8.64. The molecule has 0 spiro atoms. The van der Waals surface area contributed by atoms with Crippen LogP contribution in [-0.2, 0) is 13.1 Å². The molecule has 0 unspecified atom stereocenters. The van der Waals surface area contributed by atoms with Crippen molar-refractivity contribution in [1.29, 1.82) is 0 Å². The van der Waals surface area contributed by atoms with Gasteiger partial charge >= 0.3 is 0 Å². The lowest BCUT2D eigenvalue weighted by Crippen LogP contribution is -2.26. The second-order valence-corrected chi connectivity index (χ2v) is 6.35. The second kappa shape index (κ2) is 8.40. The van der Waals surface area contributed by atoms with Crippen molar-refractivity contribution < 1.29 is 9.18 Å². The van der Waals surface area contributed by atoms with Crippen LogP contribution in [0.4, 0.5) is 10.3 Å². The van der Waals surface area contributed by atoms with Gasteiger partial charge in [0.2, 0.25) is 5.95 Å². The predicted octanol–water partition coefficient (Wildman–Crippen LogP) is 3.49. The van der Waals surface area contributed by atoms with Gasteiger partial charge in [-0.15, -0.1) is 0 Å². The van der Waals surface area contributed by atoms with Crippen LogP contribution in [0.15, 0.2) is 60.7 Å². The Hall–Kier alpha value is -3.28. The number of nitrogens with zero attached hydrogens (tertiary/aromatic N) is 3. The summed E-state index contributed by atoms with van der Waals surface area (Å²) in [6.07, 6.45) is 0. The number of carbonyl (C=O) groups excluding carboxylic acids is 1. The summed E-state index contributed by atoms with van der Waals surface area (Å²) < 4.78 is 13.0. The first-order valence-corrected chi connectivity index (χ1v) is 8.64. The first kappa shape index (κ1) is 18.5. The van der Waals surface area contributed by atoms with Crippen molar-refractivity contribution in [2.24, 2.45) is 0 Å². The highest BCUT2D eigenvalue weighted by molar-refractivity contribution is 5.92. The standard InChI is InChI=1S/C21H21FN4O/c1-15-12-19(20(27)23-13-16-8-10-18(22)11-9-16)25-21(24-15)26(2)14-17-6-4-3-5-7-17/h3-12H,13-14H2,1-2H3,(H,23,27). The van der Waals surface area contributed by atoms with Crippen molar-refractivity contribution in [2.45, 2.75) is 20.0 Å². The van der Waals surface area contributed by atoms with Crippen LogP contribution in [0, 0.1) is 12.7 Å². The Morgan fingerprint density at radius 1 is 1.04 bits per heavy atom. The number of anilines is 1. The molecular weight excluding hydrogens is 343 g/mol. The van der Waals surface area contributed by atoms with E-state index in [2.05, 4.69) is 15.3 Å². The number of aromatic nitrogens is 2. The molecule has 3 aromatic rings. The minimum Gasteiger partial charge on any atom is -0.347 e. The van der Waals surface area contributed by atoms with Gasteiger partial charge in [-0.05, 0) is 36.2 Å². The molecule has 1 heterocycles.